The van der Waals surface area contributed by atoms with E-state index in [1.54, 1.807) is 18.1 Å². The first kappa shape index (κ1) is 16.1. The number of rotatable bonds is 5. The highest BCUT2D eigenvalue weighted by Gasteiger charge is 2.32. The maximum atomic E-state index is 13.3. The first-order valence-corrected chi connectivity index (χ1v) is 7.61. The van der Waals surface area contributed by atoms with Crippen LogP contribution in [0.15, 0.2) is 42.5 Å². The van der Waals surface area contributed by atoms with Crippen LogP contribution in [0.5, 0.6) is 17.2 Å². The fraction of sp³-hybridized carbons (Fsp3) is 0.278. The van der Waals surface area contributed by atoms with Gasteiger partial charge in [-0.25, -0.2) is 4.39 Å². The van der Waals surface area contributed by atoms with E-state index >= 15 is 0 Å². The Morgan fingerprint density at radius 2 is 1.96 bits per heavy atom. The van der Waals surface area contributed by atoms with Crippen molar-refractivity contribution in [2.75, 3.05) is 20.2 Å². The lowest BCUT2D eigenvalue weighted by Crippen LogP contribution is -2.56. The van der Waals surface area contributed by atoms with Gasteiger partial charge in [-0.15, -0.1) is 0 Å². The first-order valence-electron chi connectivity index (χ1n) is 7.61. The number of phenols is 1. The highest BCUT2D eigenvalue weighted by atomic mass is 19.1. The number of likely N-dealkylation sites (tertiary alicyclic amines) is 1. The Labute approximate surface area is 139 Å². The lowest BCUT2D eigenvalue weighted by Gasteiger charge is -2.39. The van der Waals surface area contributed by atoms with Gasteiger partial charge in [0.25, 0.3) is 0 Å². The molecule has 1 aliphatic rings. The molecule has 1 amide bonds. The number of nitrogens with zero attached hydrogens (tertiary/aromatic N) is 1. The van der Waals surface area contributed by atoms with Crippen LogP contribution in [0.3, 0.4) is 0 Å². The molecule has 0 aromatic heterocycles. The number of phenolic OH excluding ortho intramolecular Hbond substituents is 1. The molecule has 24 heavy (non-hydrogen) atoms. The van der Waals surface area contributed by atoms with Gasteiger partial charge in [-0.2, -0.15) is 0 Å². The van der Waals surface area contributed by atoms with Gasteiger partial charge in [-0.3, -0.25) is 4.79 Å². The molecular formula is C18H18FNO4. The molecule has 5 nitrogen and oxygen atoms in total. The van der Waals surface area contributed by atoms with E-state index in [9.17, 15) is 9.18 Å². The zero-order valence-corrected chi connectivity index (χ0v) is 13.2. The molecule has 1 fully saturated rings. The largest absolute Gasteiger partial charge is 0.505 e. The van der Waals surface area contributed by atoms with Crippen molar-refractivity contribution in [2.45, 2.75) is 12.5 Å². The van der Waals surface area contributed by atoms with Crippen molar-refractivity contribution in [3.05, 3.63) is 53.8 Å². The van der Waals surface area contributed by atoms with Crippen LogP contribution in [0.4, 0.5) is 4.39 Å². The van der Waals surface area contributed by atoms with Gasteiger partial charge in [0.05, 0.1) is 26.6 Å². The Bertz CT molecular complexity index is 744. The van der Waals surface area contributed by atoms with E-state index < -0.39 is 11.6 Å². The molecule has 0 saturated carbocycles. The zero-order valence-electron chi connectivity index (χ0n) is 13.2. The smallest absolute Gasteiger partial charge is 0.227 e. The first-order chi connectivity index (χ1) is 11.6. The monoisotopic (exact) mass is 331 g/mol. The molecular weight excluding hydrogens is 313 g/mol. The van der Waals surface area contributed by atoms with Gasteiger partial charge in [0.15, 0.2) is 23.1 Å². The minimum absolute atomic E-state index is 0.0817. The topological polar surface area (TPSA) is 59.0 Å². The summed E-state index contributed by atoms with van der Waals surface area (Å²) in [6.07, 6.45) is 0.0141. The van der Waals surface area contributed by atoms with Crippen LogP contribution in [0, 0.1) is 5.82 Å². The van der Waals surface area contributed by atoms with Crippen LogP contribution >= 0.6 is 0 Å². The van der Waals surface area contributed by atoms with E-state index in [1.807, 2.05) is 24.3 Å². The van der Waals surface area contributed by atoms with E-state index in [0.29, 0.717) is 30.2 Å². The lowest BCUT2D eigenvalue weighted by atomic mass is 10.1. The van der Waals surface area contributed by atoms with Gasteiger partial charge in [0.1, 0.15) is 6.10 Å². The van der Waals surface area contributed by atoms with Crippen molar-refractivity contribution < 1.29 is 23.8 Å². The molecule has 1 N–H and O–H groups in total. The van der Waals surface area contributed by atoms with Gasteiger partial charge < -0.3 is 19.5 Å². The maximum Gasteiger partial charge on any atom is 0.227 e. The third kappa shape index (κ3) is 3.42. The zero-order chi connectivity index (χ0) is 17.1. The summed E-state index contributed by atoms with van der Waals surface area (Å²) in [6.45, 7) is 0.967. The number of hydrogen-bond donors (Lipinski definition) is 1. The van der Waals surface area contributed by atoms with Gasteiger partial charge in [-0.05, 0) is 29.8 Å². The van der Waals surface area contributed by atoms with E-state index in [0.717, 1.165) is 0 Å². The number of methoxy groups -OCH3 is 1. The molecule has 126 valence electrons. The van der Waals surface area contributed by atoms with E-state index in [4.69, 9.17) is 14.6 Å². The summed E-state index contributed by atoms with van der Waals surface area (Å²) in [5.74, 6) is 0.0706. The fourth-order valence-electron chi connectivity index (χ4n) is 2.56. The Balaban J connectivity index is 1.52. The minimum Gasteiger partial charge on any atom is -0.505 e. The van der Waals surface area contributed by atoms with Gasteiger partial charge in [0.2, 0.25) is 5.91 Å². The Hall–Kier alpha value is -2.76. The SMILES string of the molecule is COc1ccccc1OC1CN(C(=O)Cc2ccc(O)c(F)c2)C1. The fourth-order valence-corrected chi connectivity index (χ4v) is 2.56. The van der Waals surface area contributed by atoms with Gasteiger partial charge in [0, 0.05) is 0 Å². The van der Waals surface area contributed by atoms with Crippen molar-refractivity contribution in [2.24, 2.45) is 0 Å². The van der Waals surface area contributed by atoms with Crippen LogP contribution in [0.1, 0.15) is 5.56 Å². The van der Waals surface area contributed by atoms with Gasteiger partial charge >= 0.3 is 0 Å². The average molecular weight is 331 g/mol. The normalized spacial score (nSPS) is 14.2. The molecule has 1 aliphatic heterocycles. The molecule has 0 unspecified atom stereocenters. The maximum absolute atomic E-state index is 13.3. The predicted molar refractivity (Wildman–Crippen MR) is 85.8 cm³/mol. The van der Waals surface area contributed by atoms with Crippen molar-refractivity contribution in [3.63, 3.8) is 0 Å². The van der Waals surface area contributed by atoms with Crippen LogP contribution < -0.4 is 9.47 Å². The van der Waals surface area contributed by atoms with E-state index in [1.165, 1.54) is 12.1 Å². The molecule has 0 spiro atoms. The molecule has 3 rings (SSSR count). The lowest BCUT2D eigenvalue weighted by molar-refractivity contribution is -0.139. The number of aromatic hydroxyl groups is 1. The van der Waals surface area contributed by atoms with Crippen molar-refractivity contribution in [3.8, 4) is 17.2 Å². The number of ether oxygens (including phenoxy) is 2. The van der Waals surface area contributed by atoms with Crippen molar-refractivity contribution in [1.29, 1.82) is 0 Å². The quantitative estimate of drug-likeness (QED) is 0.914. The van der Waals surface area contributed by atoms with E-state index in [-0.39, 0.29) is 18.4 Å². The molecule has 2 aromatic carbocycles. The molecule has 0 atom stereocenters. The predicted octanol–water partition coefficient (Wildman–Crippen LogP) is 2.37. The number of hydrogen-bond acceptors (Lipinski definition) is 4. The van der Waals surface area contributed by atoms with Crippen molar-refractivity contribution in [1.82, 2.24) is 4.90 Å². The highest BCUT2D eigenvalue weighted by molar-refractivity contribution is 5.79. The number of amides is 1. The number of carbonyl (C=O) groups is 1. The third-order valence-electron chi connectivity index (χ3n) is 3.93. The molecule has 1 heterocycles. The third-order valence-corrected chi connectivity index (χ3v) is 3.93. The highest BCUT2D eigenvalue weighted by Crippen LogP contribution is 2.28. The Morgan fingerprint density at radius 3 is 2.62 bits per heavy atom. The average Bonchev–Trinajstić information content (AvgIpc) is 2.54. The molecule has 6 heteroatoms. The molecule has 0 aliphatic carbocycles. The summed E-state index contributed by atoms with van der Waals surface area (Å²) < 4.78 is 24.3. The summed E-state index contributed by atoms with van der Waals surface area (Å²) in [6, 6.07) is 11.3. The number of para-hydroxylation sites is 2. The van der Waals surface area contributed by atoms with E-state index in [2.05, 4.69) is 0 Å². The van der Waals surface area contributed by atoms with Crippen LogP contribution in [-0.4, -0.2) is 42.2 Å². The summed E-state index contributed by atoms with van der Waals surface area (Å²) in [4.78, 5) is 13.8. The molecule has 2 aromatic rings. The second-order valence-electron chi connectivity index (χ2n) is 5.65. The number of benzene rings is 2. The van der Waals surface area contributed by atoms with Gasteiger partial charge in [-0.1, -0.05) is 18.2 Å². The molecule has 1 saturated heterocycles. The second kappa shape index (κ2) is 6.78. The Morgan fingerprint density at radius 1 is 1.25 bits per heavy atom. The Kier molecular flexibility index (Phi) is 4.55. The van der Waals surface area contributed by atoms with Crippen LogP contribution in [0.2, 0.25) is 0 Å². The summed E-state index contributed by atoms with van der Waals surface area (Å²) in [7, 11) is 1.58. The summed E-state index contributed by atoms with van der Waals surface area (Å²) >= 11 is 0. The van der Waals surface area contributed by atoms with Crippen molar-refractivity contribution >= 4 is 5.91 Å². The minimum atomic E-state index is -0.721. The van der Waals surface area contributed by atoms with Crippen LogP contribution in [0.25, 0.3) is 0 Å². The standard InChI is InChI=1S/C18H18FNO4/c1-23-16-4-2-3-5-17(16)24-13-10-20(11-13)18(22)9-12-6-7-15(21)14(19)8-12/h2-8,13,21H,9-11H2,1H3. The number of halogens is 1. The molecule has 0 radical (unpaired) electrons. The summed E-state index contributed by atoms with van der Waals surface area (Å²) in [5, 5.41) is 9.16. The molecule has 0 bridgehead atoms. The second-order valence-corrected chi connectivity index (χ2v) is 5.65. The van der Waals surface area contributed by atoms with Crippen LogP contribution in [-0.2, 0) is 11.2 Å². The number of carbonyl (C=O) groups excluding carboxylic acids is 1. The summed E-state index contributed by atoms with van der Waals surface area (Å²) in [5.41, 5.74) is 0.532.